The molecule has 3 aliphatic rings. The maximum absolute atomic E-state index is 14.7. The zero-order valence-corrected chi connectivity index (χ0v) is 15.1. The van der Waals surface area contributed by atoms with Crippen LogP contribution in [0.25, 0.3) is 0 Å². The van der Waals surface area contributed by atoms with Gasteiger partial charge in [0, 0.05) is 35.9 Å². The van der Waals surface area contributed by atoms with E-state index >= 15 is 0 Å². The molecule has 0 radical (unpaired) electrons. The molecule has 3 fully saturated rings. The first kappa shape index (κ1) is 17.1. The van der Waals surface area contributed by atoms with Crippen LogP contribution in [-0.2, 0) is 0 Å². The van der Waals surface area contributed by atoms with E-state index in [4.69, 9.17) is 9.84 Å². The number of anilines is 1. The first-order valence-corrected chi connectivity index (χ1v) is 9.70. The van der Waals surface area contributed by atoms with E-state index < -0.39 is 0 Å². The molecular formula is C20H29FN2O2. The molecule has 4 rings (SSSR count). The third-order valence-corrected chi connectivity index (χ3v) is 6.29. The molecule has 1 aliphatic heterocycles. The fourth-order valence-electron chi connectivity index (χ4n) is 4.93. The summed E-state index contributed by atoms with van der Waals surface area (Å²) in [7, 11) is 0. The highest BCUT2D eigenvalue weighted by Gasteiger charge is 2.48. The van der Waals surface area contributed by atoms with Crippen molar-refractivity contribution in [3.8, 4) is 5.75 Å². The summed E-state index contributed by atoms with van der Waals surface area (Å²) in [5, 5.41) is 12.9. The molecule has 4 nitrogen and oxygen atoms in total. The monoisotopic (exact) mass is 348 g/mol. The number of nitrogens with zero attached hydrogens (tertiary/aromatic N) is 1. The van der Waals surface area contributed by atoms with Crippen molar-refractivity contribution >= 4 is 5.69 Å². The smallest absolute Gasteiger partial charge is 0.167 e. The van der Waals surface area contributed by atoms with Crippen molar-refractivity contribution in [3.05, 3.63) is 23.5 Å². The summed E-state index contributed by atoms with van der Waals surface area (Å²) in [6, 6.07) is 4.67. The SMILES string of the molecule is Cc1cc(N2CC3(CCC3)N[C@H]3CCCC[C@@H]32)cc(F)c1OCCO. The van der Waals surface area contributed by atoms with Crippen LogP contribution in [-0.4, -0.2) is 42.5 Å². The molecular weight excluding hydrogens is 319 g/mol. The van der Waals surface area contributed by atoms with Crippen LogP contribution in [0.4, 0.5) is 10.1 Å². The Morgan fingerprint density at radius 2 is 2.08 bits per heavy atom. The number of piperazine rings is 1. The molecule has 1 saturated heterocycles. The van der Waals surface area contributed by atoms with Gasteiger partial charge in [0.15, 0.2) is 11.6 Å². The van der Waals surface area contributed by atoms with Gasteiger partial charge < -0.3 is 20.1 Å². The Labute approximate surface area is 149 Å². The zero-order chi connectivity index (χ0) is 17.4. The number of hydrogen-bond donors (Lipinski definition) is 2. The predicted octanol–water partition coefficient (Wildman–Crippen LogP) is 3.15. The molecule has 5 heteroatoms. The molecule has 2 N–H and O–H groups in total. The maximum atomic E-state index is 14.7. The van der Waals surface area contributed by atoms with Crippen molar-refractivity contribution < 1.29 is 14.2 Å². The number of fused-ring (bicyclic) bond motifs is 1. The summed E-state index contributed by atoms with van der Waals surface area (Å²) >= 11 is 0. The first-order chi connectivity index (χ1) is 12.1. The van der Waals surface area contributed by atoms with Crippen LogP contribution in [0, 0.1) is 12.7 Å². The van der Waals surface area contributed by atoms with Gasteiger partial charge in [0.25, 0.3) is 0 Å². The van der Waals surface area contributed by atoms with Crippen LogP contribution in [0.1, 0.15) is 50.5 Å². The molecule has 1 spiro atoms. The van der Waals surface area contributed by atoms with Gasteiger partial charge in [-0.2, -0.15) is 0 Å². The molecule has 1 heterocycles. The van der Waals surface area contributed by atoms with Crippen molar-refractivity contribution in [2.24, 2.45) is 0 Å². The second-order valence-electron chi connectivity index (χ2n) is 8.01. The van der Waals surface area contributed by atoms with E-state index in [0.717, 1.165) is 17.8 Å². The number of hydrogen-bond acceptors (Lipinski definition) is 4. The average molecular weight is 348 g/mol. The van der Waals surface area contributed by atoms with Crippen LogP contribution in [0.15, 0.2) is 12.1 Å². The van der Waals surface area contributed by atoms with Crippen LogP contribution in [0.2, 0.25) is 0 Å². The lowest BCUT2D eigenvalue weighted by atomic mass is 9.71. The minimum Gasteiger partial charge on any atom is -0.488 e. The highest BCUT2D eigenvalue weighted by Crippen LogP contribution is 2.42. The van der Waals surface area contributed by atoms with Gasteiger partial charge in [-0.1, -0.05) is 12.8 Å². The fourth-order valence-corrected chi connectivity index (χ4v) is 4.93. The van der Waals surface area contributed by atoms with E-state index in [1.165, 1.54) is 44.9 Å². The quantitative estimate of drug-likeness (QED) is 0.877. The maximum Gasteiger partial charge on any atom is 0.167 e. The number of rotatable bonds is 4. The molecule has 0 amide bonds. The van der Waals surface area contributed by atoms with Crippen molar-refractivity contribution in [3.63, 3.8) is 0 Å². The van der Waals surface area contributed by atoms with Gasteiger partial charge in [-0.3, -0.25) is 0 Å². The largest absolute Gasteiger partial charge is 0.488 e. The predicted molar refractivity (Wildman–Crippen MR) is 96.8 cm³/mol. The number of ether oxygens (including phenoxy) is 1. The number of benzene rings is 1. The summed E-state index contributed by atoms with van der Waals surface area (Å²) in [5.74, 6) is -0.0523. The van der Waals surface area contributed by atoms with Crippen LogP contribution in [0.5, 0.6) is 5.75 Å². The molecule has 25 heavy (non-hydrogen) atoms. The second-order valence-corrected chi connectivity index (χ2v) is 8.01. The molecule has 0 unspecified atom stereocenters. The Hall–Kier alpha value is -1.33. The Bertz CT molecular complexity index is 609. The zero-order valence-electron chi connectivity index (χ0n) is 15.1. The molecule has 0 aromatic heterocycles. The van der Waals surface area contributed by atoms with Gasteiger partial charge in [-0.05, 0) is 50.7 Å². The molecule has 138 valence electrons. The number of nitrogens with one attached hydrogen (secondary N) is 1. The third-order valence-electron chi connectivity index (χ3n) is 6.29. The van der Waals surface area contributed by atoms with E-state index in [1.54, 1.807) is 6.07 Å². The number of aliphatic hydroxyl groups is 1. The van der Waals surface area contributed by atoms with Crippen molar-refractivity contribution in [1.82, 2.24) is 5.32 Å². The highest BCUT2D eigenvalue weighted by atomic mass is 19.1. The lowest BCUT2D eigenvalue weighted by Gasteiger charge is -2.58. The van der Waals surface area contributed by atoms with Gasteiger partial charge in [0.2, 0.25) is 0 Å². The molecule has 0 bridgehead atoms. The van der Waals surface area contributed by atoms with Crippen molar-refractivity contribution in [2.75, 3.05) is 24.7 Å². The van der Waals surface area contributed by atoms with Gasteiger partial charge in [0.05, 0.1) is 6.61 Å². The Morgan fingerprint density at radius 1 is 1.28 bits per heavy atom. The minimum atomic E-state index is -0.322. The van der Waals surface area contributed by atoms with Crippen molar-refractivity contribution in [2.45, 2.75) is 69.5 Å². The summed E-state index contributed by atoms with van der Waals surface area (Å²) < 4.78 is 20.0. The lowest BCUT2D eigenvalue weighted by Crippen LogP contribution is -2.72. The van der Waals surface area contributed by atoms with Gasteiger partial charge >= 0.3 is 0 Å². The second kappa shape index (κ2) is 6.76. The lowest BCUT2D eigenvalue weighted by molar-refractivity contribution is 0.105. The van der Waals surface area contributed by atoms with E-state index in [-0.39, 0.29) is 30.3 Å². The van der Waals surface area contributed by atoms with E-state index in [1.807, 2.05) is 6.92 Å². The third kappa shape index (κ3) is 3.13. The van der Waals surface area contributed by atoms with Crippen LogP contribution in [0.3, 0.4) is 0 Å². The molecule has 1 aromatic rings. The van der Waals surface area contributed by atoms with E-state index in [9.17, 15) is 4.39 Å². The summed E-state index contributed by atoms with van der Waals surface area (Å²) in [6.07, 6.45) is 8.70. The number of aryl methyl sites for hydroxylation is 1. The first-order valence-electron chi connectivity index (χ1n) is 9.70. The van der Waals surface area contributed by atoms with Crippen LogP contribution < -0.4 is 15.0 Å². The van der Waals surface area contributed by atoms with Crippen LogP contribution >= 0.6 is 0 Å². The molecule has 2 aliphatic carbocycles. The van der Waals surface area contributed by atoms with Gasteiger partial charge in [-0.25, -0.2) is 4.39 Å². The van der Waals surface area contributed by atoms with Gasteiger partial charge in [-0.15, -0.1) is 0 Å². The highest BCUT2D eigenvalue weighted by molar-refractivity contribution is 5.56. The Kier molecular flexibility index (Phi) is 4.63. The molecule has 2 saturated carbocycles. The summed E-state index contributed by atoms with van der Waals surface area (Å²) in [5.41, 5.74) is 2.02. The van der Waals surface area contributed by atoms with Gasteiger partial charge in [0.1, 0.15) is 6.61 Å². The fraction of sp³-hybridized carbons (Fsp3) is 0.700. The van der Waals surface area contributed by atoms with E-state index in [0.29, 0.717) is 12.1 Å². The normalized spacial score (nSPS) is 27.7. The Balaban J connectivity index is 1.64. The Morgan fingerprint density at radius 3 is 2.76 bits per heavy atom. The van der Waals surface area contributed by atoms with Crippen molar-refractivity contribution in [1.29, 1.82) is 0 Å². The molecule has 1 aromatic carbocycles. The number of aliphatic hydroxyl groups excluding tert-OH is 1. The molecule has 2 atom stereocenters. The topological polar surface area (TPSA) is 44.7 Å². The summed E-state index contributed by atoms with van der Waals surface area (Å²) in [6.45, 7) is 2.88. The average Bonchev–Trinajstić information content (AvgIpc) is 2.58. The number of halogens is 1. The standard InChI is InChI=1S/C20H29FN2O2/c1-14-11-15(12-16(21)19(14)25-10-9-24)23-13-20(7-4-8-20)22-17-5-2-3-6-18(17)23/h11-12,17-18,22,24H,2-10,13H2,1H3/t17-,18-/m0/s1. The minimum absolute atomic E-state index is 0.106. The summed E-state index contributed by atoms with van der Waals surface area (Å²) in [4.78, 5) is 2.46. The van der Waals surface area contributed by atoms with E-state index in [2.05, 4.69) is 16.3 Å².